The van der Waals surface area contributed by atoms with E-state index < -0.39 is 5.92 Å². The van der Waals surface area contributed by atoms with Gasteiger partial charge in [0, 0.05) is 53.4 Å². The van der Waals surface area contributed by atoms with Crippen molar-refractivity contribution in [2.75, 3.05) is 13.7 Å². The van der Waals surface area contributed by atoms with Crippen molar-refractivity contribution in [3.05, 3.63) is 94.1 Å². The standard InChI is InChI=1S/C32H34FNO4/c1-4-9-21-17-22(18-28(37-3)32(21)38-19-20-10-6-11-23(33)16-20)29-30-24(12-7-14-26(30)35)34(5-2)25-13-8-15-27(36)31(25)29/h4,6,10-11,16-18,29H,1,5,7-9,12-15,19H2,2-3H3. The number of methoxy groups -OCH3 is 1. The van der Waals surface area contributed by atoms with Gasteiger partial charge in [0.25, 0.3) is 0 Å². The molecule has 2 aliphatic carbocycles. The molecule has 198 valence electrons. The van der Waals surface area contributed by atoms with E-state index in [1.807, 2.05) is 18.2 Å². The summed E-state index contributed by atoms with van der Waals surface area (Å²) in [5, 5.41) is 0. The number of rotatable bonds is 8. The van der Waals surface area contributed by atoms with Gasteiger partial charge >= 0.3 is 0 Å². The monoisotopic (exact) mass is 515 g/mol. The Labute approximate surface area is 223 Å². The molecule has 6 heteroatoms. The molecule has 5 rings (SSSR count). The number of Topliss-reactive ketones (excluding diaryl/α,β-unsaturated/α-hetero) is 2. The average molecular weight is 516 g/mol. The molecular weight excluding hydrogens is 481 g/mol. The van der Waals surface area contributed by atoms with Crippen molar-refractivity contribution in [2.24, 2.45) is 0 Å². The lowest BCUT2D eigenvalue weighted by Crippen LogP contribution is -2.39. The number of benzene rings is 2. The highest BCUT2D eigenvalue weighted by Gasteiger charge is 2.43. The van der Waals surface area contributed by atoms with Crippen molar-refractivity contribution in [3.8, 4) is 11.5 Å². The SMILES string of the molecule is C=CCc1cc(C2C3=C(CCCC3=O)N(CC)C3=C2C(=O)CCC3)cc(OC)c1OCc1cccc(F)c1. The van der Waals surface area contributed by atoms with Gasteiger partial charge in [-0.15, -0.1) is 6.58 Å². The summed E-state index contributed by atoms with van der Waals surface area (Å²) in [4.78, 5) is 29.1. The highest BCUT2D eigenvalue weighted by Crippen LogP contribution is 2.50. The van der Waals surface area contributed by atoms with Crippen LogP contribution < -0.4 is 9.47 Å². The number of hydrogen-bond acceptors (Lipinski definition) is 5. The fourth-order valence-electron chi connectivity index (χ4n) is 6.19. The molecule has 0 aromatic heterocycles. The number of ketones is 2. The molecule has 0 fully saturated rings. The molecule has 2 aromatic rings. The maximum atomic E-state index is 13.7. The Balaban J connectivity index is 1.64. The molecule has 0 saturated heterocycles. The Bertz CT molecular complexity index is 1310. The Morgan fingerprint density at radius 1 is 1.03 bits per heavy atom. The van der Waals surface area contributed by atoms with E-state index in [1.54, 1.807) is 19.3 Å². The van der Waals surface area contributed by atoms with Gasteiger partial charge in [-0.2, -0.15) is 0 Å². The van der Waals surface area contributed by atoms with Crippen LogP contribution in [0.1, 0.15) is 68.1 Å². The van der Waals surface area contributed by atoms with Crippen molar-refractivity contribution >= 4 is 11.6 Å². The summed E-state index contributed by atoms with van der Waals surface area (Å²) in [6.45, 7) is 6.92. The van der Waals surface area contributed by atoms with Crippen LogP contribution >= 0.6 is 0 Å². The summed E-state index contributed by atoms with van der Waals surface area (Å²) < 4.78 is 25.7. The minimum atomic E-state index is -0.418. The Kier molecular flexibility index (Phi) is 7.50. The van der Waals surface area contributed by atoms with Crippen LogP contribution in [0.4, 0.5) is 4.39 Å². The minimum Gasteiger partial charge on any atom is -0.493 e. The number of carbonyl (C=O) groups excluding carboxylic acids is 2. The number of halogens is 1. The normalized spacial score (nSPS) is 17.9. The molecular formula is C32H34FNO4. The van der Waals surface area contributed by atoms with E-state index in [9.17, 15) is 14.0 Å². The highest BCUT2D eigenvalue weighted by atomic mass is 19.1. The molecule has 0 radical (unpaired) electrons. The van der Waals surface area contributed by atoms with Gasteiger partial charge in [0.15, 0.2) is 23.1 Å². The average Bonchev–Trinajstić information content (AvgIpc) is 2.91. The van der Waals surface area contributed by atoms with Crippen LogP contribution in [0.25, 0.3) is 0 Å². The van der Waals surface area contributed by atoms with Gasteiger partial charge in [0.05, 0.1) is 7.11 Å². The molecule has 0 atom stereocenters. The third-order valence-electron chi connectivity index (χ3n) is 7.75. The second-order valence-electron chi connectivity index (χ2n) is 10.1. The zero-order valence-corrected chi connectivity index (χ0v) is 22.1. The molecule has 0 spiro atoms. The topological polar surface area (TPSA) is 55.8 Å². The summed E-state index contributed by atoms with van der Waals surface area (Å²) >= 11 is 0. The lowest BCUT2D eigenvalue weighted by molar-refractivity contribution is -0.117. The Morgan fingerprint density at radius 3 is 2.29 bits per heavy atom. The molecule has 5 nitrogen and oxygen atoms in total. The largest absolute Gasteiger partial charge is 0.493 e. The molecule has 1 aliphatic heterocycles. The molecule has 0 N–H and O–H groups in total. The second-order valence-corrected chi connectivity index (χ2v) is 10.1. The Morgan fingerprint density at radius 2 is 1.71 bits per heavy atom. The molecule has 2 aromatic carbocycles. The minimum absolute atomic E-state index is 0.121. The molecule has 1 heterocycles. The van der Waals surface area contributed by atoms with Gasteiger partial charge in [-0.05, 0) is 68.4 Å². The first kappa shape index (κ1) is 26.0. The van der Waals surface area contributed by atoms with Gasteiger partial charge in [-0.25, -0.2) is 4.39 Å². The van der Waals surface area contributed by atoms with Crippen molar-refractivity contribution < 1.29 is 23.5 Å². The van der Waals surface area contributed by atoms with E-state index in [1.165, 1.54) is 12.1 Å². The van der Waals surface area contributed by atoms with Crippen LogP contribution in [-0.2, 0) is 22.6 Å². The van der Waals surface area contributed by atoms with Crippen molar-refractivity contribution in [3.63, 3.8) is 0 Å². The molecule has 0 bridgehead atoms. The summed E-state index contributed by atoms with van der Waals surface area (Å²) in [6, 6.07) is 10.2. The van der Waals surface area contributed by atoms with Crippen LogP contribution in [0.2, 0.25) is 0 Å². The maximum absolute atomic E-state index is 13.7. The van der Waals surface area contributed by atoms with E-state index >= 15 is 0 Å². The lowest BCUT2D eigenvalue weighted by Gasteiger charge is -2.43. The molecule has 0 saturated carbocycles. The van der Waals surface area contributed by atoms with E-state index in [0.717, 1.165) is 65.9 Å². The molecule has 0 unspecified atom stereocenters. The highest BCUT2D eigenvalue weighted by molar-refractivity contribution is 6.06. The lowest BCUT2D eigenvalue weighted by atomic mass is 9.70. The van der Waals surface area contributed by atoms with Crippen molar-refractivity contribution in [1.82, 2.24) is 4.90 Å². The van der Waals surface area contributed by atoms with Gasteiger partial charge in [0.1, 0.15) is 12.4 Å². The quantitative estimate of drug-likeness (QED) is 0.372. The first-order valence-electron chi connectivity index (χ1n) is 13.5. The van der Waals surface area contributed by atoms with Crippen LogP contribution in [0.3, 0.4) is 0 Å². The van der Waals surface area contributed by atoms with Gasteiger partial charge in [-0.3, -0.25) is 9.59 Å². The third kappa shape index (κ3) is 4.68. The van der Waals surface area contributed by atoms with E-state index in [0.29, 0.717) is 36.3 Å². The number of carbonyl (C=O) groups is 2. The number of nitrogens with zero attached hydrogens (tertiary/aromatic N) is 1. The van der Waals surface area contributed by atoms with E-state index in [-0.39, 0.29) is 24.0 Å². The summed E-state index contributed by atoms with van der Waals surface area (Å²) in [6.07, 6.45) is 6.62. The van der Waals surface area contributed by atoms with Crippen molar-refractivity contribution in [2.45, 2.75) is 64.4 Å². The third-order valence-corrected chi connectivity index (χ3v) is 7.75. The maximum Gasteiger partial charge on any atom is 0.165 e. The van der Waals surface area contributed by atoms with Crippen molar-refractivity contribution in [1.29, 1.82) is 0 Å². The smallest absolute Gasteiger partial charge is 0.165 e. The van der Waals surface area contributed by atoms with Crippen LogP contribution in [0.15, 0.2) is 71.6 Å². The molecule has 0 amide bonds. The van der Waals surface area contributed by atoms with Crippen LogP contribution in [0.5, 0.6) is 11.5 Å². The predicted octanol–water partition coefficient (Wildman–Crippen LogP) is 6.58. The predicted molar refractivity (Wildman–Crippen MR) is 145 cm³/mol. The summed E-state index contributed by atoms with van der Waals surface area (Å²) in [5.74, 6) is 0.577. The Hall–Kier alpha value is -3.67. The number of hydrogen-bond donors (Lipinski definition) is 0. The number of ether oxygens (including phenoxy) is 2. The van der Waals surface area contributed by atoms with E-state index in [4.69, 9.17) is 9.47 Å². The first-order chi connectivity index (χ1) is 18.5. The summed E-state index contributed by atoms with van der Waals surface area (Å²) in [5.41, 5.74) is 6.06. The first-order valence-corrected chi connectivity index (χ1v) is 13.5. The number of allylic oxidation sites excluding steroid dienone is 5. The van der Waals surface area contributed by atoms with Gasteiger partial charge in [-0.1, -0.05) is 24.3 Å². The molecule has 38 heavy (non-hydrogen) atoms. The fourth-order valence-corrected chi connectivity index (χ4v) is 6.19. The zero-order valence-electron chi connectivity index (χ0n) is 22.1. The summed E-state index contributed by atoms with van der Waals surface area (Å²) in [7, 11) is 1.58. The van der Waals surface area contributed by atoms with Crippen LogP contribution in [-0.4, -0.2) is 30.1 Å². The van der Waals surface area contributed by atoms with E-state index in [2.05, 4.69) is 18.4 Å². The zero-order chi connectivity index (χ0) is 26.8. The van der Waals surface area contributed by atoms with Crippen LogP contribution in [0, 0.1) is 5.82 Å². The molecule has 3 aliphatic rings. The second kappa shape index (κ2) is 11.0. The van der Waals surface area contributed by atoms with Gasteiger partial charge < -0.3 is 14.4 Å². The fraction of sp³-hybridized carbons (Fsp3) is 0.375. The van der Waals surface area contributed by atoms with Gasteiger partial charge in [0.2, 0.25) is 0 Å².